The maximum absolute atomic E-state index is 9.40. The maximum Gasteiger partial charge on any atom is 0.121 e. The molecular weight excluding hydrogens is 234 g/mol. The summed E-state index contributed by atoms with van der Waals surface area (Å²) in [6.07, 6.45) is 2.32. The fourth-order valence-corrected chi connectivity index (χ4v) is 2.87. The first-order chi connectivity index (χ1) is 9.08. The lowest BCUT2D eigenvalue weighted by atomic mass is 9.96. The summed E-state index contributed by atoms with van der Waals surface area (Å²) in [4.78, 5) is 2.35. The minimum atomic E-state index is -0.478. The van der Waals surface area contributed by atoms with Crippen LogP contribution in [0.25, 0.3) is 0 Å². The highest BCUT2D eigenvalue weighted by atomic mass is 15.2. The van der Waals surface area contributed by atoms with Gasteiger partial charge in [-0.15, -0.1) is 0 Å². The third-order valence-corrected chi connectivity index (χ3v) is 3.77. The molecule has 1 heterocycles. The number of nitriles is 1. The van der Waals surface area contributed by atoms with Gasteiger partial charge in [-0.05, 0) is 44.9 Å². The molecule has 3 heteroatoms. The predicted molar refractivity (Wildman–Crippen MR) is 79.4 cm³/mol. The standard InChI is InChI=1S/C16H23N3/c1-4-18-16(3,11-17)12-19-9-5-6-14-10-13(2)7-8-15(14)19/h7-8,10,18H,4-6,9,12H2,1-3H3. The number of aryl methyl sites for hydroxylation is 2. The quantitative estimate of drug-likeness (QED) is 0.901. The first-order valence-corrected chi connectivity index (χ1v) is 7.09. The minimum Gasteiger partial charge on any atom is -0.368 e. The van der Waals surface area contributed by atoms with E-state index >= 15 is 0 Å². The predicted octanol–water partition coefficient (Wildman–Crippen LogP) is 2.64. The molecule has 1 aromatic rings. The summed E-state index contributed by atoms with van der Waals surface area (Å²) in [7, 11) is 0. The Bertz CT molecular complexity index is 489. The Balaban J connectivity index is 2.22. The lowest BCUT2D eigenvalue weighted by Crippen LogP contribution is -2.51. The molecule has 0 radical (unpaired) electrons. The van der Waals surface area contributed by atoms with E-state index in [1.54, 1.807) is 0 Å². The molecule has 19 heavy (non-hydrogen) atoms. The van der Waals surface area contributed by atoms with Crippen molar-refractivity contribution in [2.75, 3.05) is 24.5 Å². The molecule has 0 amide bonds. The van der Waals surface area contributed by atoms with E-state index in [1.165, 1.54) is 23.2 Å². The van der Waals surface area contributed by atoms with Crippen LogP contribution in [0.3, 0.4) is 0 Å². The van der Waals surface area contributed by atoms with Gasteiger partial charge in [-0.2, -0.15) is 5.26 Å². The van der Waals surface area contributed by atoms with E-state index in [0.717, 1.165) is 26.1 Å². The summed E-state index contributed by atoms with van der Waals surface area (Å²) in [5, 5.41) is 12.7. The van der Waals surface area contributed by atoms with Gasteiger partial charge in [0.1, 0.15) is 5.54 Å². The SMILES string of the molecule is CCNC(C)(C#N)CN1CCCc2cc(C)ccc21. The van der Waals surface area contributed by atoms with Crippen LogP contribution in [0, 0.1) is 18.3 Å². The molecule has 1 unspecified atom stereocenters. The van der Waals surface area contributed by atoms with Gasteiger partial charge in [0.2, 0.25) is 0 Å². The van der Waals surface area contributed by atoms with Crippen LogP contribution in [0.1, 0.15) is 31.4 Å². The third kappa shape index (κ3) is 3.08. The highest BCUT2D eigenvalue weighted by Gasteiger charge is 2.28. The lowest BCUT2D eigenvalue weighted by molar-refractivity contribution is 0.448. The molecule has 0 aromatic heterocycles. The summed E-state index contributed by atoms with van der Waals surface area (Å²) in [6.45, 7) is 8.77. The van der Waals surface area contributed by atoms with Crippen molar-refractivity contribution in [1.29, 1.82) is 5.26 Å². The number of hydrogen-bond acceptors (Lipinski definition) is 3. The van der Waals surface area contributed by atoms with Crippen LogP contribution in [-0.4, -0.2) is 25.2 Å². The average Bonchev–Trinajstić information content (AvgIpc) is 2.39. The van der Waals surface area contributed by atoms with Gasteiger partial charge in [-0.3, -0.25) is 5.32 Å². The number of anilines is 1. The van der Waals surface area contributed by atoms with Gasteiger partial charge in [-0.1, -0.05) is 24.6 Å². The Labute approximate surface area is 116 Å². The van der Waals surface area contributed by atoms with Crippen molar-refractivity contribution < 1.29 is 0 Å². The Morgan fingerprint density at radius 3 is 2.95 bits per heavy atom. The fourth-order valence-electron chi connectivity index (χ4n) is 2.87. The zero-order valence-electron chi connectivity index (χ0n) is 12.2. The summed E-state index contributed by atoms with van der Waals surface area (Å²) < 4.78 is 0. The first kappa shape index (κ1) is 13.9. The highest BCUT2D eigenvalue weighted by molar-refractivity contribution is 5.57. The highest BCUT2D eigenvalue weighted by Crippen LogP contribution is 2.29. The van der Waals surface area contributed by atoms with Crippen molar-refractivity contribution in [3.63, 3.8) is 0 Å². The van der Waals surface area contributed by atoms with E-state index in [4.69, 9.17) is 0 Å². The van der Waals surface area contributed by atoms with E-state index < -0.39 is 5.54 Å². The van der Waals surface area contributed by atoms with Crippen LogP contribution < -0.4 is 10.2 Å². The molecule has 1 aliphatic rings. The van der Waals surface area contributed by atoms with Crippen molar-refractivity contribution in [3.8, 4) is 6.07 Å². The number of nitrogens with zero attached hydrogens (tertiary/aromatic N) is 2. The Morgan fingerprint density at radius 2 is 2.26 bits per heavy atom. The van der Waals surface area contributed by atoms with Crippen LogP contribution >= 0.6 is 0 Å². The van der Waals surface area contributed by atoms with Gasteiger partial charge in [-0.25, -0.2) is 0 Å². The smallest absolute Gasteiger partial charge is 0.121 e. The van der Waals surface area contributed by atoms with Gasteiger partial charge in [0.05, 0.1) is 6.07 Å². The van der Waals surface area contributed by atoms with E-state index in [9.17, 15) is 5.26 Å². The molecule has 0 bridgehead atoms. The molecule has 0 fully saturated rings. The Kier molecular flexibility index (Phi) is 4.11. The van der Waals surface area contributed by atoms with E-state index in [2.05, 4.69) is 41.4 Å². The minimum absolute atomic E-state index is 0.478. The molecule has 1 N–H and O–H groups in total. The number of likely N-dealkylation sites (N-methyl/N-ethyl adjacent to an activating group) is 1. The van der Waals surface area contributed by atoms with Gasteiger partial charge in [0.15, 0.2) is 0 Å². The van der Waals surface area contributed by atoms with Crippen LogP contribution in [0.5, 0.6) is 0 Å². The van der Waals surface area contributed by atoms with Crippen LogP contribution in [-0.2, 0) is 6.42 Å². The summed E-state index contributed by atoms with van der Waals surface area (Å²) in [5.74, 6) is 0. The molecule has 0 saturated carbocycles. The number of rotatable bonds is 4. The fraction of sp³-hybridized carbons (Fsp3) is 0.562. The van der Waals surface area contributed by atoms with Crippen molar-refractivity contribution in [2.24, 2.45) is 0 Å². The molecular formula is C16H23N3. The first-order valence-electron chi connectivity index (χ1n) is 7.09. The van der Waals surface area contributed by atoms with E-state index in [-0.39, 0.29) is 0 Å². The number of benzene rings is 1. The number of hydrogen-bond donors (Lipinski definition) is 1. The summed E-state index contributed by atoms with van der Waals surface area (Å²) in [6, 6.07) is 9.06. The van der Waals surface area contributed by atoms with Crippen molar-refractivity contribution in [1.82, 2.24) is 5.32 Å². The Hall–Kier alpha value is -1.53. The topological polar surface area (TPSA) is 39.1 Å². The summed E-state index contributed by atoms with van der Waals surface area (Å²) in [5.41, 5.74) is 3.56. The number of nitrogens with one attached hydrogen (secondary N) is 1. The van der Waals surface area contributed by atoms with Crippen LogP contribution in [0.15, 0.2) is 18.2 Å². The largest absolute Gasteiger partial charge is 0.368 e. The second kappa shape index (κ2) is 5.63. The second-order valence-electron chi connectivity index (χ2n) is 5.63. The van der Waals surface area contributed by atoms with Crippen LogP contribution in [0.4, 0.5) is 5.69 Å². The zero-order valence-corrected chi connectivity index (χ0v) is 12.2. The van der Waals surface area contributed by atoms with Gasteiger partial charge < -0.3 is 4.90 Å². The molecule has 1 aliphatic heterocycles. The zero-order chi connectivity index (χ0) is 13.9. The van der Waals surface area contributed by atoms with E-state index in [0.29, 0.717) is 0 Å². The van der Waals surface area contributed by atoms with E-state index in [1.807, 2.05) is 13.8 Å². The van der Waals surface area contributed by atoms with Crippen molar-refractivity contribution in [2.45, 2.75) is 39.2 Å². The van der Waals surface area contributed by atoms with Gasteiger partial charge in [0.25, 0.3) is 0 Å². The molecule has 0 aliphatic carbocycles. The maximum atomic E-state index is 9.40. The van der Waals surface area contributed by atoms with Crippen LogP contribution in [0.2, 0.25) is 0 Å². The monoisotopic (exact) mass is 257 g/mol. The van der Waals surface area contributed by atoms with Gasteiger partial charge in [0, 0.05) is 18.8 Å². The molecule has 102 valence electrons. The molecule has 1 aromatic carbocycles. The molecule has 3 nitrogen and oxygen atoms in total. The van der Waals surface area contributed by atoms with Crippen molar-refractivity contribution in [3.05, 3.63) is 29.3 Å². The number of fused-ring (bicyclic) bond motifs is 1. The molecule has 0 saturated heterocycles. The molecule has 0 spiro atoms. The Morgan fingerprint density at radius 1 is 1.47 bits per heavy atom. The average molecular weight is 257 g/mol. The van der Waals surface area contributed by atoms with Gasteiger partial charge >= 0.3 is 0 Å². The summed E-state index contributed by atoms with van der Waals surface area (Å²) >= 11 is 0. The third-order valence-electron chi connectivity index (χ3n) is 3.77. The lowest BCUT2D eigenvalue weighted by Gasteiger charge is -2.36. The molecule has 2 rings (SSSR count). The van der Waals surface area contributed by atoms with Crippen molar-refractivity contribution >= 4 is 5.69 Å². The second-order valence-corrected chi connectivity index (χ2v) is 5.63. The molecule has 1 atom stereocenters. The normalized spacial score (nSPS) is 17.5.